The van der Waals surface area contributed by atoms with Crippen molar-refractivity contribution in [3.05, 3.63) is 48.3 Å². The van der Waals surface area contributed by atoms with Crippen LogP contribution in [0.4, 0.5) is 0 Å². The normalized spacial score (nSPS) is 16.8. The van der Waals surface area contributed by atoms with Gasteiger partial charge < -0.3 is 14.8 Å². The quantitative estimate of drug-likeness (QED) is 0.878. The molecule has 0 saturated carbocycles. The molecule has 0 radical (unpaired) electrons. The van der Waals surface area contributed by atoms with Crippen LogP contribution in [-0.2, 0) is 0 Å². The average Bonchev–Trinajstić information content (AvgIpc) is 2.56. The molecule has 92 valence electrons. The van der Waals surface area contributed by atoms with E-state index in [0.717, 1.165) is 22.8 Å². The van der Waals surface area contributed by atoms with Crippen molar-refractivity contribution in [2.24, 2.45) is 0 Å². The lowest BCUT2D eigenvalue weighted by Gasteiger charge is -2.17. The van der Waals surface area contributed by atoms with Crippen LogP contribution in [-0.4, -0.2) is 18.6 Å². The minimum Gasteiger partial charge on any atom is -0.480 e. The van der Waals surface area contributed by atoms with E-state index in [-0.39, 0.29) is 6.10 Å². The second kappa shape index (κ2) is 4.66. The summed E-state index contributed by atoms with van der Waals surface area (Å²) in [6.07, 6.45) is 3.41. The number of benzene rings is 1. The summed E-state index contributed by atoms with van der Waals surface area (Å²) in [5.41, 5.74) is 1.01. The maximum atomic E-state index is 6.01. The summed E-state index contributed by atoms with van der Waals surface area (Å²) in [5, 5.41) is 3.14. The summed E-state index contributed by atoms with van der Waals surface area (Å²) < 4.78 is 11.9. The molecule has 1 aromatic heterocycles. The SMILES string of the molecule is CNCC1Oc2ccccc2Oc2cnccc21. The number of aromatic nitrogens is 1. The van der Waals surface area contributed by atoms with E-state index < -0.39 is 0 Å². The molecule has 1 aromatic carbocycles. The first kappa shape index (κ1) is 11.0. The van der Waals surface area contributed by atoms with Gasteiger partial charge in [-0.15, -0.1) is 0 Å². The van der Waals surface area contributed by atoms with Gasteiger partial charge in [-0.3, -0.25) is 4.98 Å². The zero-order valence-corrected chi connectivity index (χ0v) is 10.1. The number of hydrogen-bond donors (Lipinski definition) is 1. The summed E-state index contributed by atoms with van der Waals surface area (Å²) >= 11 is 0. The van der Waals surface area contributed by atoms with Crippen molar-refractivity contribution in [3.63, 3.8) is 0 Å². The lowest BCUT2D eigenvalue weighted by molar-refractivity contribution is 0.207. The third-order valence-corrected chi connectivity index (χ3v) is 2.89. The molecule has 0 amide bonds. The number of rotatable bonds is 2. The van der Waals surface area contributed by atoms with Gasteiger partial charge in [0.1, 0.15) is 6.10 Å². The van der Waals surface area contributed by atoms with Gasteiger partial charge in [0.05, 0.1) is 6.20 Å². The van der Waals surface area contributed by atoms with Crippen LogP contribution in [0.5, 0.6) is 17.2 Å². The molecular formula is C14H14N2O2. The lowest BCUT2D eigenvalue weighted by atomic mass is 10.1. The highest BCUT2D eigenvalue weighted by Crippen LogP contribution is 2.40. The van der Waals surface area contributed by atoms with Gasteiger partial charge in [-0.1, -0.05) is 12.1 Å². The number of likely N-dealkylation sites (N-methyl/N-ethyl adjacent to an activating group) is 1. The Hall–Kier alpha value is -2.07. The van der Waals surface area contributed by atoms with E-state index >= 15 is 0 Å². The Morgan fingerprint density at radius 3 is 2.83 bits per heavy atom. The molecular weight excluding hydrogens is 228 g/mol. The van der Waals surface area contributed by atoms with Crippen LogP contribution in [0.2, 0.25) is 0 Å². The zero-order chi connectivity index (χ0) is 12.4. The third-order valence-electron chi connectivity index (χ3n) is 2.89. The molecule has 0 saturated heterocycles. The molecule has 0 spiro atoms. The summed E-state index contributed by atoms with van der Waals surface area (Å²) in [6, 6.07) is 9.61. The Morgan fingerprint density at radius 2 is 2.00 bits per heavy atom. The molecule has 1 aliphatic heterocycles. The minimum atomic E-state index is -0.0725. The van der Waals surface area contributed by atoms with Gasteiger partial charge in [-0.25, -0.2) is 0 Å². The number of para-hydroxylation sites is 2. The van der Waals surface area contributed by atoms with Crippen molar-refractivity contribution < 1.29 is 9.47 Å². The predicted molar refractivity (Wildman–Crippen MR) is 68.0 cm³/mol. The van der Waals surface area contributed by atoms with E-state index in [1.54, 1.807) is 12.4 Å². The van der Waals surface area contributed by atoms with Gasteiger partial charge in [0.25, 0.3) is 0 Å². The van der Waals surface area contributed by atoms with Crippen LogP contribution in [0.3, 0.4) is 0 Å². The number of pyridine rings is 1. The number of fused-ring (bicyclic) bond motifs is 2. The molecule has 0 fully saturated rings. The minimum absolute atomic E-state index is 0.0725. The second-order valence-corrected chi connectivity index (χ2v) is 4.13. The molecule has 1 N–H and O–H groups in total. The van der Waals surface area contributed by atoms with Crippen molar-refractivity contribution in [3.8, 4) is 17.2 Å². The Labute approximate surface area is 106 Å². The van der Waals surface area contributed by atoms with E-state index in [1.807, 2.05) is 37.4 Å². The fraction of sp³-hybridized carbons (Fsp3) is 0.214. The molecule has 1 unspecified atom stereocenters. The van der Waals surface area contributed by atoms with Crippen LogP contribution in [0.15, 0.2) is 42.7 Å². The van der Waals surface area contributed by atoms with Crippen LogP contribution in [0.1, 0.15) is 11.7 Å². The topological polar surface area (TPSA) is 43.4 Å². The highest BCUT2D eigenvalue weighted by molar-refractivity contribution is 5.47. The number of nitrogens with zero attached hydrogens (tertiary/aromatic N) is 1. The van der Waals surface area contributed by atoms with Crippen LogP contribution < -0.4 is 14.8 Å². The van der Waals surface area contributed by atoms with Crippen LogP contribution in [0, 0.1) is 0 Å². The fourth-order valence-corrected chi connectivity index (χ4v) is 2.05. The number of nitrogens with one attached hydrogen (secondary N) is 1. The van der Waals surface area contributed by atoms with E-state index in [9.17, 15) is 0 Å². The molecule has 3 rings (SSSR count). The maximum Gasteiger partial charge on any atom is 0.169 e. The van der Waals surface area contributed by atoms with E-state index in [0.29, 0.717) is 6.54 Å². The van der Waals surface area contributed by atoms with Gasteiger partial charge in [-0.2, -0.15) is 0 Å². The standard InChI is InChI=1S/C14H14N2O2/c1-15-8-13-10-6-7-16-9-14(10)18-12-5-3-2-4-11(12)17-13/h2-7,9,13,15H,8H2,1H3. The molecule has 2 heterocycles. The molecule has 0 aliphatic carbocycles. The summed E-state index contributed by atoms with van der Waals surface area (Å²) in [7, 11) is 1.90. The highest BCUT2D eigenvalue weighted by atomic mass is 16.5. The van der Waals surface area contributed by atoms with Gasteiger partial charge in [0.15, 0.2) is 17.2 Å². The Morgan fingerprint density at radius 1 is 1.17 bits per heavy atom. The largest absolute Gasteiger partial charge is 0.480 e. The molecule has 18 heavy (non-hydrogen) atoms. The fourth-order valence-electron chi connectivity index (χ4n) is 2.05. The average molecular weight is 242 g/mol. The monoisotopic (exact) mass is 242 g/mol. The molecule has 4 nitrogen and oxygen atoms in total. The first-order valence-corrected chi connectivity index (χ1v) is 5.90. The molecule has 4 heteroatoms. The third kappa shape index (κ3) is 1.91. The Bertz CT molecular complexity index is 557. The number of hydrogen-bond acceptors (Lipinski definition) is 4. The van der Waals surface area contributed by atoms with Crippen molar-refractivity contribution in [2.45, 2.75) is 6.10 Å². The van der Waals surface area contributed by atoms with Crippen LogP contribution in [0.25, 0.3) is 0 Å². The summed E-state index contributed by atoms with van der Waals surface area (Å²) in [5.74, 6) is 2.24. The van der Waals surface area contributed by atoms with E-state index in [4.69, 9.17) is 9.47 Å². The Kier molecular flexibility index (Phi) is 2.86. The second-order valence-electron chi connectivity index (χ2n) is 4.13. The van der Waals surface area contributed by atoms with Crippen molar-refractivity contribution in [1.29, 1.82) is 0 Å². The molecule has 1 aliphatic rings. The lowest BCUT2D eigenvalue weighted by Crippen LogP contribution is -2.21. The van der Waals surface area contributed by atoms with Gasteiger partial charge >= 0.3 is 0 Å². The van der Waals surface area contributed by atoms with E-state index in [1.165, 1.54) is 0 Å². The first-order valence-electron chi connectivity index (χ1n) is 5.90. The van der Waals surface area contributed by atoms with Gasteiger partial charge in [0, 0.05) is 18.3 Å². The van der Waals surface area contributed by atoms with Crippen LogP contribution >= 0.6 is 0 Å². The van der Waals surface area contributed by atoms with E-state index in [2.05, 4.69) is 10.3 Å². The molecule has 1 atom stereocenters. The van der Waals surface area contributed by atoms with Crippen molar-refractivity contribution >= 4 is 0 Å². The van der Waals surface area contributed by atoms with Gasteiger partial charge in [0.2, 0.25) is 0 Å². The smallest absolute Gasteiger partial charge is 0.169 e. The maximum absolute atomic E-state index is 6.01. The first-order chi connectivity index (χ1) is 8.88. The number of ether oxygens (including phenoxy) is 2. The highest BCUT2D eigenvalue weighted by Gasteiger charge is 2.23. The molecule has 2 aromatic rings. The summed E-state index contributed by atoms with van der Waals surface area (Å²) in [6.45, 7) is 0.717. The predicted octanol–water partition coefficient (Wildman–Crippen LogP) is 2.53. The summed E-state index contributed by atoms with van der Waals surface area (Å²) in [4.78, 5) is 4.11. The van der Waals surface area contributed by atoms with Crippen molar-refractivity contribution in [2.75, 3.05) is 13.6 Å². The van der Waals surface area contributed by atoms with Crippen molar-refractivity contribution in [1.82, 2.24) is 10.3 Å². The Balaban J connectivity index is 2.08. The zero-order valence-electron chi connectivity index (χ0n) is 10.1. The van der Waals surface area contributed by atoms with Gasteiger partial charge in [-0.05, 0) is 25.2 Å². The molecule has 0 bridgehead atoms.